The minimum Gasteiger partial charge on any atom is -0.497 e. The van der Waals surface area contributed by atoms with Crippen LogP contribution in [0.3, 0.4) is 0 Å². The highest BCUT2D eigenvalue weighted by Gasteiger charge is 2.18. The molecule has 0 aliphatic heterocycles. The number of nitrogens with zero attached hydrogens (tertiary/aromatic N) is 4. The molecule has 0 N–H and O–H groups in total. The Hall–Kier alpha value is -5.18. The topological polar surface area (TPSA) is 97.5 Å². The van der Waals surface area contributed by atoms with Crippen LogP contribution in [0.2, 0.25) is 0 Å². The molecule has 5 aromatic rings. The zero-order valence-electron chi connectivity index (χ0n) is 22.4. The van der Waals surface area contributed by atoms with Crippen molar-refractivity contribution < 1.29 is 19.0 Å². The van der Waals surface area contributed by atoms with Crippen LogP contribution in [-0.2, 0) is 13.2 Å². The van der Waals surface area contributed by atoms with E-state index in [1.807, 2.05) is 55.5 Å². The van der Waals surface area contributed by atoms with Gasteiger partial charge in [0.15, 0.2) is 5.78 Å². The third kappa shape index (κ3) is 5.78. The van der Waals surface area contributed by atoms with Crippen LogP contribution in [0.15, 0.2) is 96.1 Å². The Morgan fingerprint density at radius 1 is 0.875 bits per heavy atom. The number of hydrogen-bond donors (Lipinski definition) is 0. The number of hydrogen-bond acceptors (Lipinski definition) is 7. The van der Waals surface area contributed by atoms with Gasteiger partial charge in [0.2, 0.25) is 0 Å². The zero-order valence-corrected chi connectivity index (χ0v) is 22.4. The Kier molecular flexibility index (Phi) is 7.72. The van der Waals surface area contributed by atoms with Crippen LogP contribution in [0.1, 0.15) is 32.7 Å². The van der Waals surface area contributed by atoms with Crippen molar-refractivity contribution in [3.63, 3.8) is 0 Å². The summed E-state index contributed by atoms with van der Waals surface area (Å²) in [6.07, 6.45) is 3.36. The maximum Gasteiger partial charge on any atom is 0.255 e. The Morgan fingerprint density at radius 2 is 1.62 bits per heavy atom. The number of benzene rings is 3. The van der Waals surface area contributed by atoms with Gasteiger partial charge in [0.25, 0.3) is 5.56 Å². The van der Waals surface area contributed by atoms with Gasteiger partial charge in [0.05, 0.1) is 38.2 Å². The average molecular weight is 537 g/mol. The Bertz CT molecular complexity index is 1710. The van der Waals surface area contributed by atoms with E-state index in [1.165, 1.54) is 16.7 Å². The zero-order chi connectivity index (χ0) is 28.1. The number of methoxy groups -OCH3 is 2. The lowest BCUT2D eigenvalue weighted by Gasteiger charge is -2.13. The number of pyridine rings is 1. The molecule has 202 valence electrons. The molecule has 2 heterocycles. The van der Waals surface area contributed by atoms with Crippen molar-refractivity contribution in [2.75, 3.05) is 14.2 Å². The Balaban J connectivity index is 1.37. The van der Waals surface area contributed by atoms with Crippen LogP contribution >= 0.6 is 0 Å². The summed E-state index contributed by atoms with van der Waals surface area (Å²) < 4.78 is 19.8. The monoisotopic (exact) mass is 536 g/mol. The smallest absolute Gasteiger partial charge is 0.255 e. The predicted octanol–water partition coefficient (Wildman–Crippen LogP) is 4.61. The molecule has 3 aromatic carbocycles. The molecular formula is C31H28N4O5. The summed E-state index contributed by atoms with van der Waals surface area (Å²) in [7, 11) is 3.17. The molecule has 0 aliphatic carbocycles. The lowest BCUT2D eigenvalue weighted by atomic mass is 10.0. The summed E-state index contributed by atoms with van der Waals surface area (Å²) in [6.45, 7) is 2.55. The van der Waals surface area contributed by atoms with Gasteiger partial charge in [-0.2, -0.15) is 0 Å². The van der Waals surface area contributed by atoms with E-state index in [2.05, 4.69) is 10.3 Å². The van der Waals surface area contributed by atoms with Crippen molar-refractivity contribution in [3.8, 4) is 22.9 Å². The van der Waals surface area contributed by atoms with Gasteiger partial charge in [-0.15, -0.1) is 5.10 Å². The number of carbonyl (C=O) groups is 1. The van der Waals surface area contributed by atoms with E-state index >= 15 is 0 Å². The lowest BCUT2D eigenvalue weighted by Crippen LogP contribution is -2.19. The van der Waals surface area contributed by atoms with Crippen LogP contribution in [-0.4, -0.2) is 39.6 Å². The number of aromatic nitrogens is 4. The summed E-state index contributed by atoms with van der Waals surface area (Å²) in [5, 5.41) is 8.40. The van der Waals surface area contributed by atoms with Crippen LogP contribution in [0.5, 0.6) is 17.2 Å². The molecule has 9 heteroatoms. The largest absolute Gasteiger partial charge is 0.497 e. The van der Waals surface area contributed by atoms with Crippen LogP contribution in [0.4, 0.5) is 0 Å². The SMILES string of the molecule is COc1ccc(Cn2cc(COc3cc(OC)ccc3C(=O)c3ccc(=O)n(-c4ccccc4C)c3)nn2)cc1. The lowest BCUT2D eigenvalue weighted by molar-refractivity contribution is 0.103. The van der Waals surface area contributed by atoms with Crippen molar-refractivity contribution in [2.45, 2.75) is 20.1 Å². The molecular weight excluding hydrogens is 508 g/mol. The molecule has 0 amide bonds. The van der Waals surface area contributed by atoms with Gasteiger partial charge in [0, 0.05) is 23.9 Å². The second-order valence-corrected chi connectivity index (χ2v) is 9.15. The normalized spacial score (nSPS) is 10.8. The first-order chi connectivity index (χ1) is 19.4. The van der Waals surface area contributed by atoms with Crippen LogP contribution < -0.4 is 19.8 Å². The number of ketones is 1. The van der Waals surface area contributed by atoms with E-state index in [0.717, 1.165) is 16.9 Å². The first-order valence-electron chi connectivity index (χ1n) is 12.6. The van der Waals surface area contributed by atoms with Gasteiger partial charge in [-0.25, -0.2) is 4.68 Å². The number of para-hydroxylation sites is 1. The highest BCUT2D eigenvalue weighted by molar-refractivity contribution is 6.10. The van der Waals surface area contributed by atoms with E-state index in [4.69, 9.17) is 14.2 Å². The first kappa shape index (κ1) is 26.4. The molecule has 0 saturated heterocycles. The molecule has 0 saturated carbocycles. The van der Waals surface area contributed by atoms with Crippen molar-refractivity contribution in [1.29, 1.82) is 0 Å². The van der Waals surface area contributed by atoms with E-state index in [0.29, 0.717) is 40.6 Å². The summed E-state index contributed by atoms with van der Waals surface area (Å²) in [6, 6.07) is 23.2. The maximum atomic E-state index is 13.6. The number of rotatable bonds is 10. The molecule has 0 radical (unpaired) electrons. The van der Waals surface area contributed by atoms with E-state index in [-0.39, 0.29) is 17.9 Å². The molecule has 0 aliphatic rings. The van der Waals surface area contributed by atoms with Gasteiger partial charge in [-0.05, 0) is 54.4 Å². The Labute approximate surface area is 231 Å². The molecule has 0 atom stereocenters. The fourth-order valence-electron chi connectivity index (χ4n) is 4.29. The van der Waals surface area contributed by atoms with Crippen molar-refractivity contribution in [1.82, 2.24) is 19.6 Å². The van der Waals surface area contributed by atoms with Gasteiger partial charge in [-0.3, -0.25) is 14.2 Å². The number of ether oxygens (including phenoxy) is 3. The fraction of sp³-hybridized carbons (Fsp3) is 0.161. The molecule has 2 aromatic heterocycles. The predicted molar refractivity (Wildman–Crippen MR) is 150 cm³/mol. The standard InChI is InChI=1S/C31H28N4O5/c1-21-6-4-5-7-28(21)35-18-23(10-15-30(35)36)31(37)27-14-13-26(39-3)16-29(27)40-20-24-19-34(33-32-24)17-22-8-11-25(38-2)12-9-22/h4-16,18-19H,17,20H2,1-3H3. The van der Waals surface area contributed by atoms with Crippen LogP contribution in [0.25, 0.3) is 5.69 Å². The quantitative estimate of drug-likeness (QED) is 0.240. The molecule has 40 heavy (non-hydrogen) atoms. The first-order valence-corrected chi connectivity index (χ1v) is 12.6. The van der Waals surface area contributed by atoms with Crippen molar-refractivity contribution >= 4 is 5.78 Å². The molecule has 5 rings (SSSR count). The second-order valence-electron chi connectivity index (χ2n) is 9.15. The second kappa shape index (κ2) is 11.7. The summed E-state index contributed by atoms with van der Waals surface area (Å²) in [5.41, 5.74) is 3.74. The summed E-state index contributed by atoms with van der Waals surface area (Å²) in [4.78, 5) is 26.3. The maximum absolute atomic E-state index is 13.6. The van der Waals surface area contributed by atoms with Gasteiger partial charge >= 0.3 is 0 Å². The number of aryl methyl sites for hydroxylation is 1. The highest BCUT2D eigenvalue weighted by Crippen LogP contribution is 2.28. The Morgan fingerprint density at radius 3 is 2.38 bits per heavy atom. The summed E-state index contributed by atoms with van der Waals surface area (Å²) in [5.74, 6) is 1.37. The average Bonchev–Trinajstić information content (AvgIpc) is 3.43. The van der Waals surface area contributed by atoms with Crippen molar-refractivity contribution in [2.24, 2.45) is 0 Å². The minimum atomic E-state index is -0.289. The molecule has 0 bridgehead atoms. The van der Waals surface area contributed by atoms with E-state index in [9.17, 15) is 9.59 Å². The van der Waals surface area contributed by atoms with Crippen molar-refractivity contribution in [3.05, 3.63) is 130 Å². The van der Waals surface area contributed by atoms with E-state index < -0.39 is 0 Å². The molecule has 0 spiro atoms. The van der Waals surface area contributed by atoms with Gasteiger partial charge in [-0.1, -0.05) is 35.5 Å². The third-order valence-corrected chi connectivity index (χ3v) is 6.45. The minimum absolute atomic E-state index is 0.0960. The van der Waals surface area contributed by atoms with Gasteiger partial charge in [0.1, 0.15) is 29.5 Å². The van der Waals surface area contributed by atoms with E-state index in [1.54, 1.807) is 49.5 Å². The molecule has 0 fully saturated rings. The van der Waals surface area contributed by atoms with Gasteiger partial charge < -0.3 is 14.2 Å². The third-order valence-electron chi connectivity index (χ3n) is 6.45. The number of carbonyl (C=O) groups excluding carboxylic acids is 1. The van der Waals surface area contributed by atoms with Crippen LogP contribution in [0, 0.1) is 6.92 Å². The fourth-order valence-corrected chi connectivity index (χ4v) is 4.29. The summed E-state index contributed by atoms with van der Waals surface area (Å²) >= 11 is 0. The molecule has 9 nitrogen and oxygen atoms in total. The highest BCUT2D eigenvalue weighted by atomic mass is 16.5. The molecule has 0 unspecified atom stereocenters.